The second-order valence-corrected chi connectivity index (χ2v) is 3.57. The fourth-order valence-corrected chi connectivity index (χ4v) is 0.720. The van der Waals surface area contributed by atoms with Gasteiger partial charge in [-0.1, -0.05) is 0 Å². The van der Waals surface area contributed by atoms with Crippen molar-refractivity contribution in [3.8, 4) is 0 Å². The van der Waals surface area contributed by atoms with Crippen LogP contribution in [0.3, 0.4) is 0 Å². The summed E-state index contributed by atoms with van der Waals surface area (Å²) in [5.41, 5.74) is 0. The van der Waals surface area contributed by atoms with Gasteiger partial charge in [-0.05, 0) is 0 Å². The molecule has 0 amide bonds. The lowest BCUT2D eigenvalue weighted by atomic mass is 10.7. The van der Waals surface area contributed by atoms with E-state index in [9.17, 15) is 0 Å². The van der Waals surface area contributed by atoms with E-state index in [-0.39, 0.29) is 0 Å². The summed E-state index contributed by atoms with van der Waals surface area (Å²) in [5.74, 6) is 0. The van der Waals surface area contributed by atoms with E-state index >= 15 is 0 Å². The van der Waals surface area contributed by atoms with E-state index < -0.39 is 0 Å². The monoisotopic (exact) mass is 314 g/mol. The van der Waals surface area contributed by atoms with Gasteiger partial charge in [0.15, 0.2) is 0 Å². The second kappa shape index (κ2) is 31.9. The molecule has 0 heterocycles. The van der Waals surface area contributed by atoms with Gasteiger partial charge < -0.3 is 33.2 Å². The molecule has 132 valence electrons. The van der Waals surface area contributed by atoms with Crippen LogP contribution in [0.15, 0.2) is 0 Å². The molecule has 0 bridgehead atoms. The Morgan fingerprint density at radius 3 is 0.714 bits per heavy atom. The number of ether oxygens (including phenoxy) is 7. The number of rotatable bonds is 12. The van der Waals surface area contributed by atoms with Crippen molar-refractivity contribution in [3.63, 3.8) is 0 Å². The van der Waals surface area contributed by atoms with Gasteiger partial charge in [0.25, 0.3) is 0 Å². The van der Waals surface area contributed by atoms with Crippen molar-refractivity contribution < 1.29 is 33.2 Å². The minimum Gasteiger partial charge on any atom is -0.382 e. The summed E-state index contributed by atoms with van der Waals surface area (Å²) in [6, 6.07) is 0. The predicted molar refractivity (Wildman–Crippen MR) is 82.1 cm³/mol. The summed E-state index contributed by atoms with van der Waals surface area (Å²) < 4.78 is 33.2. The Morgan fingerprint density at radius 1 is 0.333 bits per heavy atom. The molecule has 7 nitrogen and oxygen atoms in total. The van der Waals surface area contributed by atoms with Gasteiger partial charge in [-0.2, -0.15) is 0 Å². The van der Waals surface area contributed by atoms with Crippen LogP contribution < -0.4 is 0 Å². The molecular weight excluding hydrogens is 280 g/mol. The normalized spacial score (nSPS) is 9.43. The lowest BCUT2D eigenvalue weighted by molar-refractivity contribution is 0.0385. The van der Waals surface area contributed by atoms with Crippen LogP contribution >= 0.6 is 0 Å². The smallest absolute Gasteiger partial charge is 0.0701 e. The van der Waals surface area contributed by atoms with Gasteiger partial charge in [0, 0.05) is 42.7 Å². The lowest BCUT2D eigenvalue weighted by Crippen LogP contribution is -2.06. The van der Waals surface area contributed by atoms with E-state index in [1.54, 1.807) is 42.7 Å². The molecule has 0 radical (unpaired) electrons. The summed E-state index contributed by atoms with van der Waals surface area (Å²) in [6.07, 6.45) is 0. The molecule has 0 N–H and O–H groups in total. The molecule has 0 spiro atoms. The Hall–Kier alpha value is -0.280. The molecule has 0 aromatic heterocycles. The zero-order valence-electron chi connectivity index (χ0n) is 14.5. The third-order valence-corrected chi connectivity index (χ3v) is 1.85. The van der Waals surface area contributed by atoms with Gasteiger partial charge in [-0.25, -0.2) is 0 Å². The Balaban J connectivity index is -0.000000240. The van der Waals surface area contributed by atoms with Crippen molar-refractivity contribution in [1.82, 2.24) is 0 Å². The molecule has 0 aromatic carbocycles. The number of methoxy groups -OCH3 is 6. The van der Waals surface area contributed by atoms with E-state index in [4.69, 9.17) is 14.2 Å². The third kappa shape index (κ3) is 45.1. The highest BCUT2D eigenvalue weighted by Gasteiger charge is 1.84. The molecule has 0 aromatic rings. The first-order chi connectivity index (χ1) is 10.2. The van der Waals surface area contributed by atoms with E-state index in [2.05, 4.69) is 18.9 Å². The lowest BCUT2D eigenvalue weighted by Gasteiger charge is -2.00. The fourth-order valence-electron chi connectivity index (χ4n) is 0.720. The average Bonchev–Trinajstić information content (AvgIpc) is 2.52. The number of hydrogen-bond donors (Lipinski definition) is 0. The Bertz CT molecular complexity index is 114. The van der Waals surface area contributed by atoms with Crippen LogP contribution in [0.1, 0.15) is 0 Å². The molecular formula is C14H34O7. The van der Waals surface area contributed by atoms with Crippen LogP contribution in [0.4, 0.5) is 0 Å². The SMILES string of the molecule is COCCOC.COCCOC.COCCOCCOC. The van der Waals surface area contributed by atoms with Crippen molar-refractivity contribution in [2.24, 2.45) is 0 Å². The summed E-state index contributed by atoms with van der Waals surface area (Å²) in [5, 5.41) is 0. The third-order valence-electron chi connectivity index (χ3n) is 1.85. The van der Waals surface area contributed by atoms with Gasteiger partial charge in [-0.3, -0.25) is 0 Å². The Kier molecular flexibility index (Phi) is 39.0. The van der Waals surface area contributed by atoms with Gasteiger partial charge in [0.05, 0.1) is 52.9 Å². The predicted octanol–water partition coefficient (Wildman–Crippen LogP) is 0.854. The molecule has 0 unspecified atom stereocenters. The molecule has 0 saturated carbocycles. The van der Waals surface area contributed by atoms with Crippen molar-refractivity contribution in [1.29, 1.82) is 0 Å². The zero-order chi connectivity index (χ0) is 16.6. The van der Waals surface area contributed by atoms with Crippen molar-refractivity contribution in [2.45, 2.75) is 0 Å². The Labute approximate surface area is 129 Å². The maximum absolute atomic E-state index is 5.06. The fraction of sp³-hybridized carbons (Fsp3) is 1.00. The summed E-state index contributed by atoms with van der Waals surface area (Å²) >= 11 is 0. The molecule has 0 aliphatic heterocycles. The molecule has 0 fully saturated rings. The standard InChI is InChI=1S/C6H14O3.2C4H10O2/c1-7-3-5-9-6-4-8-2;2*1-5-3-4-6-2/h3-6H2,1-2H3;2*3-4H2,1-2H3. The van der Waals surface area contributed by atoms with Gasteiger partial charge >= 0.3 is 0 Å². The van der Waals surface area contributed by atoms with Crippen LogP contribution in [0.5, 0.6) is 0 Å². The summed E-state index contributed by atoms with van der Waals surface area (Å²) in [7, 11) is 9.91. The van der Waals surface area contributed by atoms with Crippen molar-refractivity contribution >= 4 is 0 Å². The molecule has 0 saturated heterocycles. The first kappa shape index (κ1) is 25.7. The number of hydrogen-bond acceptors (Lipinski definition) is 7. The first-order valence-electron chi connectivity index (χ1n) is 6.76. The van der Waals surface area contributed by atoms with Crippen LogP contribution in [0.2, 0.25) is 0 Å². The van der Waals surface area contributed by atoms with Crippen LogP contribution in [0, 0.1) is 0 Å². The maximum Gasteiger partial charge on any atom is 0.0701 e. The van der Waals surface area contributed by atoms with Crippen molar-refractivity contribution in [3.05, 3.63) is 0 Å². The highest BCUT2D eigenvalue weighted by Crippen LogP contribution is 1.75. The molecule has 0 atom stereocenters. The first-order valence-corrected chi connectivity index (χ1v) is 6.76. The highest BCUT2D eigenvalue weighted by molar-refractivity contribution is 4.28. The van der Waals surface area contributed by atoms with E-state index in [1.807, 2.05) is 0 Å². The molecule has 0 rings (SSSR count). The van der Waals surface area contributed by atoms with Crippen LogP contribution in [0.25, 0.3) is 0 Å². The minimum absolute atomic E-state index is 0.653. The minimum atomic E-state index is 0.653. The molecule has 21 heavy (non-hydrogen) atoms. The van der Waals surface area contributed by atoms with Gasteiger partial charge in [-0.15, -0.1) is 0 Å². The van der Waals surface area contributed by atoms with E-state index in [0.29, 0.717) is 52.9 Å². The van der Waals surface area contributed by atoms with Crippen LogP contribution in [-0.4, -0.2) is 95.5 Å². The summed E-state index contributed by atoms with van der Waals surface area (Å²) in [4.78, 5) is 0. The van der Waals surface area contributed by atoms with E-state index in [1.165, 1.54) is 0 Å². The topological polar surface area (TPSA) is 64.6 Å². The molecule has 7 heteroatoms. The summed E-state index contributed by atoms with van der Waals surface area (Å²) in [6.45, 7) is 5.38. The zero-order valence-corrected chi connectivity index (χ0v) is 14.5. The highest BCUT2D eigenvalue weighted by atomic mass is 16.5. The van der Waals surface area contributed by atoms with Gasteiger partial charge in [0.2, 0.25) is 0 Å². The quantitative estimate of drug-likeness (QED) is 0.495. The van der Waals surface area contributed by atoms with Crippen molar-refractivity contribution in [2.75, 3.05) is 95.5 Å². The molecule has 0 aliphatic rings. The second-order valence-electron chi connectivity index (χ2n) is 3.57. The van der Waals surface area contributed by atoms with Gasteiger partial charge in [0.1, 0.15) is 0 Å². The maximum atomic E-state index is 5.06. The Morgan fingerprint density at radius 2 is 0.524 bits per heavy atom. The average molecular weight is 314 g/mol. The van der Waals surface area contributed by atoms with Crippen LogP contribution in [-0.2, 0) is 33.2 Å². The largest absolute Gasteiger partial charge is 0.382 e. The van der Waals surface area contributed by atoms with E-state index in [0.717, 1.165) is 0 Å². The molecule has 0 aliphatic carbocycles.